The molecular weight excluding hydrogens is 442 g/mol. The number of rotatable bonds is 6. The molecular formula is C22H21N7O5. The van der Waals surface area contributed by atoms with E-state index in [4.69, 9.17) is 18.9 Å². The first kappa shape index (κ1) is 21.2. The average Bonchev–Trinajstić information content (AvgIpc) is 3.35. The number of ether oxygens (including phenoxy) is 4. The zero-order chi connectivity index (χ0) is 23.8. The lowest BCUT2D eigenvalue weighted by molar-refractivity contribution is 0.355. The van der Waals surface area contributed by atoms with Crippen molar-refractivity contribution in [2.45, 2.75) is 6.04 Å². The molecule has 12 heteroatoms. The van der Waals surface area contributed by atoms with E-state index in [1.54, 1.807) is 57.4 Å². The molecule has 2 aromatic carbocycles. The van der Waals surface area contributed by atoms with Crippen molar-refractivity contribution < 1.29 is 18.9 Å². The highest BCUT2D eigenvalue weighted by atomic mass is 16.5. The number of nitrogens with zero attached hydrogens (tertiary/aromatic N) is 5. The van der Waals surface area contributed by atoms with Crippen molar-refractivity contribution in [3.63, 3.8) is 0 Å². The maximum absolute atomic E-state index is 12.9. The maximum atomic E-state index is 12.9. The Morgan fingerprint density at radius 2 is 1.71 bits per heavy atom. The molecule has 34 heavy (non-hydrogen) atoms. The molecule has 1 atom stereocenters. The van der Waals surface area contributed by atoms with Crippen molar-refractivity contribution in [2.24, 2.45) is 0 Å². The van der Waals surface area contributed by atoms with Crippen molar-refractivity contribution in [2.75, 3.05) is 33.8 Å². The summed E-state index contributed by atoms with van der Waals surface area (Å²) >= 11 is 0. The summed E-state index contributed by atoms with van der Waals surface area (Å²) in [4.78, 5) is 12.9. The zero-order valence-electron chi connectivity index (χ0n) is 18.8. The SMILES string of the molecule is COc1ccc([C@H]2c3c(-c4ccc(OC)c(OC)c4)n[nH]c(=O)c3Nc3nnnn32)c(OC)c1. The molecule has 0 unspecified atom stereocenters. The second-order valence-corrected chi connectivity index (χ2v) is 7.34. The van der Waals surface area contributed by atoms with Gasteiger partial charge in [-0.25, -0.2) is 5.10 Å². The van der Waals surface area contributed by atoms with Gasteiger partial charge in [-0.15, -0.1) is 0 Å². The number of tetrazole rings is 1. The number of methoxy groups -OCH3 is 4. The van der Waals surface area contributed by atoms with Crippen LogP contribution in [-0.2, 0) is 0 Å². The van der Waals surface area contributed by atoms with Crippen molar-refractivity contribution in [1.82, 2.24) is 30.4 Å². The molecule has 0 fully saturated rings. The van der Waals surface area contributed by atoms with Crippen molar-refractivity contribution >= 4 is 11.6 Å². The van der Waals surface area contributed by atoms with E-state index in [1.165, 1.54) is 0 Å². The van der Waals surface area contributed by atoms with E-state index in [2.05, 4.69) is 31.0 Å². The molecule has 0 bridgehead atoms. The smallest absolute Gasteiger partial charge is 0.288 e. The highest BCUT2D eigenvalue weighted by molar-refractivity contribution is 5.77. The number of aromatic amines is 1. The van der Waals surface area contributed by atoms with E-state index in [0.29, 0.717) is 51.3 Å². The van der Waals surface area contributed by atoms with Crippen LogP contribution >= 0.6 is 0 Å². The number of benzene rings is 2. The summed E-state index contributed by atoms with van der Waals surface area (Å²) in [5.74, 6) is 2.56. The van der Waals surface area contributed by atoms with E-state index in [1.807, 2.05) is 12.1 Å². The highest BCUT2D eigenvalue weighted by Crippen LogP contribution is 2.45. The molecule has 4 aromatic rings. The minimum absolute atomic E-state index is 0.282. The molecule has 0 spiro atoms. The predicted molar refractivity (Wildman–Crippen MR) is 121 cm³/mol. The lowest BCUT2D eigenvalue weighted by Gasteiger charge is -2.29. The summed E-state index contributed by atoms with van der Waals surface area (Å²) in [6, 6.07) is 10.2. The minimum atomic E-state index is -0.625. The predicted octanol–water partition coefficient (Wildman–Crippen LogP) is 2.15. The molecule has 5 rings (SSSR count). The van der Waals surface area contributed by atoms with E-state index < -0.39 is 11.6 Å². The third kappa shape index (κ3) is 3.27. The van der Waals surface area contributed by atoms with Gasteiger partial charge in [-0.05, 0) is 40.8 Å². The summed E-state index contributed by atoms with van der Waals surface area (Å²) in [6.07, 6.45) is 0. The number of aromatic nitrogens is 6. The quantitative estimate of drug-likeness (QED) is 0.385. The molecule has 0 saturated heterocycles. The topological polar surface area (TPSA) is 138 Å². The Balaban J connectivity index is 1.80. The third-order valence-corrected chi connectivity index (χ3v) is 5.66. The summed E-state index contributed by atoms with van der Waals surface area (Å²) in [7, 11) is 6.25. The molecule has 174 valence electrons. The standard InChI is InChI=1S/C22H21N7O5/c1-31-12-6-7-13(15(10-12)33-3)20-17-18(11-5-8-14(32-2)16(9-11)34-4)24-25-21(30)19(17)23-22-26-27-28-29(20)22/h5-10,20H,1-4H3,(H,25,30)(H,23,26,28)/t20-/m0/s1. The Bertz CT molecular complexity index is 1430. The van der Waals surface area contributed by atoms with Gasteiger partial charge in [0.1, 0.15) is 23.2 Å². The lowest BCUT2D eigenvalue weighted by atomic mass is 9.91. The average molecular weight is 463 g/mol. The second-order valence-electron chi connectivity index (χ2n) is 7.34. The van der Waals surface area contributed by atoms with Crippen LogP contribution in [0.25, 0.3) is 11.3 Å². The number of H-pyrrole nitrogens is 1. The largest absolute Gasteiger partial charge is 0.497 e. The maximum Gasteiger partial charge on any atom is 0.288 e. The van der Waals surface area contributed by atoms with Crippen LogP contribution in [-0.4, -0.2) is 58.8 Å². The molecule has 0 radical (unpaired) electrons. The number of hydrogen-bond donors (Lipinski definition) is 2. The zero-order valence-corrected chi connectivity index (χ0v) is 18.8. The van der Waals surface area contributed by atoms with Gasteiger partial charge in [0.15, 0.2) is 11.5 Å². The first-order valence-electron chi connectivity index (χ1n) is 10.2. The Hall–Kier alpha value is -4.61. The van der Waals surface area contributed by atoms with Gasteiger partial charge in [-0.2, -0.15) is 9.78 Å². The van der Waals surface area contributed by atoms with Crippen LogP contribution in [0.3, 0.4) is 0 Å². The van der Waals surface area contributed by atoms with Crippen LogP contribution < -0.4 is 29.8 Å². The van der Waals surface area contributed by atoms with Crippen LogP contribution in [0.5, 0.6) is 23.0 Å². The Labute approximate surface area is 193 Å². The monoisotopic (exact) mass is 463 g/mol. The van der Waals surface area contributed by atoms with Crippen molar-refractivity contribution in [3.8, 4) is 34.3 Å². The van der Waals surface area contributed by atoms with Gasteiger partial charge in [-0.1, -0.05) is 5.10 Å². The molecule has 12 nitrogen and oxygen atoms in total. The molecule has 0 aliphatic carbocycles. The van der Waals surface area contributed by atoms with Crippen LogP contribution in [0.4, 0.5) is 11.6 Å². The fourth-order valence-corrected chi connectivity index (χ4v) is 4.07. The minimum Gasteiger partial charge on any atom is -0.497 e. The summed E-state index contributed by atoms with van der Waals surface area (Å²) in [6.45, 7) is 0. The Morgan fingerprint density at radius 3 is 2.44 bits per heavy atom. The molecule has 2 N–H and O–H groups in total. The fraction of sp³-hybridized carbons (Fsp3) is 0.227. The highest BCUT2D eigenvalue weighted by Gasteiger charge is 2.36. The fourth-order valence-electron chi connectivity index (χ4n) is 4.07. The molecule has 3 heterocycles. The number of hydrogen-bond acceptors (Lipinski definition) is 10. The van der Waals surface area contributed by atoms with E-state index in [-0.39, 0.29) is 5.69 Å². The molecule has 0 saturated carbocycles. The lowest BCUT2D eigenvalue weighted by Crippen LogP contribution is -2.29. The molecule has 0 amide bonds. The van der Waals surface area contributed by atoms with Gasteiger partial charge in [0, 0.05) is 22.8 Å². The van der Waals surface area contributed by atoms with Crippen LogP contribution in [0.2, 0.25) is 0 Å². The Kier molecular flexibility index (Phi) is 5.24. The summed E-state index contributed by atoms with van der Waals surface area (Å²) < 4.78 is 23.4. The van der Waals surface area contributed by atoms with E-state index >= 15 is 0 Å². The van der Waals surface area contributed by atoms with E-state index in [9.17, 15) is 4.79 Å². The molecule has 1 aliphatic rings. The normalized spacial score (nSPS) is 13.9. The van der Waals surface area contributed by atoms with Crippen LogP contribution in [0.1, 0.15) is 17.2 Å². The van der Waals surface area contributed by atoms with Gasteiger partial charge in [0.05, 0.1) is 34.1 Å². The molecule has 2 aromatic heterocycles. The van der Waals surface area contributed by atoms with E-state index in [0.717, 1.165) is 0 Å². The Morgan fingerprint density at radius 1 is 0.912 bits per heavy atom. The first-order valence-corrected chi connectivity index (χ1v) is 10.2. The van der Waals surface area contributed by atoms with Crippen molar-refractivity contribution in [3.05, 3.63) is 57.9 Å². The van der Waals surface area contributed by atoms with Gasteiger partial charge in [0.2, 0.25) is 5.95 Å². The van der Waals surface area contributed by atoms with Gasteiger partial charge in [-0.3, -0.25) is 4.79 Å². The number of fused-ring (bicyclic) bond motifs is 2. The summed E-state index contributed by atoms with van der Waals surface area (Å²) in [5, 5.41) is 22.0. The van der Waals surface area contributed by atoms with Crippen LogP contribution in [0, 0.1) is 0 Å². The molecule has 1 aliphatic heterocycles. The number of nitrogens with one attached hydrogen (secondary N) is 2. The second kappa shape index (κ2) is 8.39. The number of anilines is 2. The van der Waals surface area contributed by atoms with Gasteiger partial charge < -0.3 is 24.3 Å². The first-order chi connectivity index (χ1) is 16.6. The summed E-state index contributed by atoms with van der Waals surface area (Å²) in [5.41, 5.74) is 2.36. The van der Waals surface area contributed by atoms with Crippen molar-refractivity contribution in [1.29, 1.82) is 0 Å². The van der Waals surface area contributed by atoms with Crippen LogP contribution in [0.15, 0.2) is 41.2 Å². The van der Waals surface area contributed by atoms with Gasteiger partial charge >= 0.3 is 0 Å². The third-order valence-electron chi connectivity index (χ3n) is 5.66. The van der Waals surface area contributed by atoms with Gasteiger partial charge in [0.25, 0.3) is 5.56 Å².